The van der Waals surface area contributed by atoms with Crippen molar-refractivity contribution in [2.75, 3.05) is 19.8 Å². The Bertz CT molecular complexity index is 677. The average Bonchev–Trinajstić information content (AvgIpc) is 3.10. The summed E-state index contributed by atoms with van der Waals surface area (Å²) in [7, 11) is -3.77. The molecule has 1 aliphatic carbocycles. The van der Waals surface area contributed by atoms with Crippen molar-refractivity contribution in [2.45, 2.75) is 63.7 Å². The van der Waals surface area contributed by atoms with Crippen LogP contribution in [0.2, 0.25) is 0 Å². The SMILES string of the molecule is CCOP(=O)(OCC)[C@@H](OC(=O)c1ccccc1)[C@H]1COC2(CCCCC2)O1. The lowest BCUT2D eigenvalue weighted by molar-refractivity contribution is -0.192. The van der Waals surface area contributed by atoms with Gasteiger partial charge in [-0.2, -0.15) is 0 Å². The van der Waals surface area contributed by atoms with Gasteiger partial charge in [-0.1, -0.05) is 24.6 Å². The maximum atomic E-state index is 13.5. The van der Waals surface area contributed by atoms with Crippen molar-refractivity contribution in [2.24, 2.45) is 0 Å². The van der Waals surface area contributed by atoms with E-state index < -0.39 is 31.3 Å². The maximum Gasteiger partial charge on any atom is 0.373 e. The van der Waals surface area contributed by atoms with Crippen LogP contribution < -0.4 is 0 Å². The smallest absolute Gasteiger partial charge is 0.373 e. The van der Waals surface area contributed by atoms with Gasteiger partial charge >= 0.3 is 13.6 Å². The summed E-state index contributed by atoms with van der Waals surface area (Å²) < 4.78 is 42.3. The Kier molecular flexibility index (Phi) is 7.29. The van der Waals surface area contributed by atoms with Gasteiger partial charge in [0.25, 0.3) is 0 Å². The van der Waals surface area contributed by atoms with Gasteiger partial charge in [-0.3, -0.25) is 4.57 Å². The quantitative estimate of drug-likeness (QED) is 0.459. The largest absolute Gasteiger partial charge is 0.443 e. The molecule has 1 spiro atoms. The molecular weight excluding hydrogens is 383 g/mol. The Hall–Kier alpha value is -1.24. The summed E-state index contributed by atoms with van der Waals surface area (Å²) in [5.41, 5.74) is 0.360. The predicted octanol–water partition coefficient (Wildman–Crippen LogP) is 4.51. The van der Waals surface area contributed by atoms with Crippen LogP contribution in [0.4, 0.5) is 0 Å². The van der Waals surface area contributed by atoms with E-state index in [1.54, 1.807) is 44.2 Å². The van der Waals surface area contributed by atoms with Gasteiger partial charge in [0.05, 0.1) is 25.4 Å². The molecule has 1 saturated heterocycles. The molecule has 8 heteroatoms. The van der Waals surface area contributed by atoms with Gasteiger partial charge < -0.3 is 23.3 Å². The van der Waals surface area contributed by atoms with Crippen LogP contribution in [0.5, 0.6) is 0 Å². The Morgan fingerprint density at radius 1 is 1.14 bits per heavy atom. The van der Waals surface area contributed by atoms with Crippen molar-refractivity contribution in [1.82, 2.24) is 0 Å². The van der Waals surface area contributed by atoms with E-state index in [0.29, 0.717) is 5.56 Å². The van der Waals surface area contributed by atoms with Crippen molar-refractivity contribution >= 4 is 13.6 Å². The zero-order chi connectivity index (χ0) is 20.0. The van der Waals surface area contributed by atoms with E-state index in [4.69, 9.17) is 23.3 Å². The second kappa shape index (κ2) is 9.51. The minimum absolute atomic E-state index is 0.162. The van der Waals surface area contributed by atoms with Crippen LogP contribution in [0.15, 0.2) is 30.3 Å². The Morgan fingerprint density at radius 3 is 2.39 bits per heavy atom. The van der Waals surface area contributed by atoms with Crippen LogP contribution in [0, 0.1) is 0 Å². The summed E-state index contributed by atoms with van der Waals surface area (Å²) >= 11 is 0. The molecule has 0 aromatic heterocycles. The van der Waals surface area contributed by atoms with E-state index in [2.05, 4.69) is 0 Å². The number of esters is 1. The molecule has 0 radical (unpaired) electrons. The highest BCUT2D eigenvalue weighted by Gasteiger charge is 2.53. The number of benzene rings is 1. The molecule has 7 nitrogen and oxygen atoms in total. The van der Waals surface area contributed by atoms with Crippen LogP contribution in [-0.2, 0) is 27.8 Å². The molecule has 1 aromatic carbocycles. The van der Waals surface area contributed by atoms with Crippen LogP contribution in [0.1, 0.15) is 56.3 Å². The van der Waals surface area contributed by atoms with E-state index in [1.165, 1.54) is 0 Å². The number of rotatable bonds is 8. The van der Waals surface area contributed by atoms with E-state index in [-0.39, 0.29) is 19.8 Å². The summed E-state index contributed by atoms with van der Waals surface area (Å²) in [6.45, 7) is 3.94. The second-order valence-corrected chi connectivity index (χ2v) is 9.08. The molecule has 3 rings (SSSR count). The normalized spacial score (nSPS) is 22.9. The van der Waals surface area contributed by atoms with Crippen molar-refractivity contribution < 1.29 is 32.6 Å². The summed E-state index contributed by atoms with van der Waals surface area (Å²) in [6, 6.07) is 8.56. The fourth-order valence-electron chi connectivity index (χ4n) is 3.71. The Balaban J connectivity index is 1.84. The molecule has 2 fully saturated rings. The van der Waals surface area contributed by atoms with Gasteiger partial charge in [-0.05, 0) is 38.8 Å². The lowest BCUT2D eigenvalue weighted by Crippen LogP contribution is -2.38. The monoisotopic (exact) mass is 412 g/mol. The molecule has 1 aromatic rings. The first-order valence-corrected chi connectivity index (χ1v) is 11.6. The van der Waals surface area contributed by atoms with Crippen LogP contribution in [0.3, 0.4) is 0 Å². The summed E-state index contributed by atoms with van der Waals surface area (Å²) in [5, 5.41) is 0. The highest BCUT2D eigenvalue weighted by atomic mass is 31.2. The van der Waals surface area contributed by atoms with Crippen molar-refractivity contribution in [3.8, 4) is 0 Å². The third kappa shape index (κ3) is 4.84. The molecule has 2 atom stereocenters. The number of carbonyl (C=O) groups is 1. The second-order valence-electron chi connectivity index (χ2n) is 6.98. The highest BCUT2D eigenvalue weighted by Crippen LogP contribution is 2.57. The third-order valence-corrected chi connectivity index (χ3v) is 7.27. The van der Waals surface area contributed by atoms with Crippen molar-refractivity contribution in [3.63, 3.8) is 0 Å². The lowest BCUT2D eigenvalue weighted by atomic mass is 9.94. The first-order chi connectivity index (χ1) is 13.5. The van der Waals surface area contributed by atoms with E-state index >= 15 is 0 Å². The molecule has 0 bridgehead atoms. The maximum absolute atomic E-state index is 13.5. The molecule has 156 valence electrons. The predicted molar refractivity (Wildman–Crippen MR) is 103 cm³/mol. The van der Waals surface area contributed by atoms with E-state index in [9.17, 15) is 9.36 Å². The molecule has 0 unspecified atom stereocenters. The Labute approximate surface area is 166 Å². The summed E-state index contributed by atoms with van der Waals surface area (Å²) in [6.07, 6.45) is 4.00. The molecular formula is C20H29O7P. The van der Waals surface area contributed by atoms with Crippen LogP contribution in [-0.4, -0.2) is 43.5 Å². The summed E-state index contributed by atoms with van der Waals surface area (Å²) in [4.78, 5) is 12.7. The first kappa shape index (κ1) is 21.5. The molecule has 2 aliphatic rings. The van der Waals surface area contributed by atoms with Crippen molar-refractivity contribution in [3.05, 3.63) is 35.9 Å². The number of hydrogen-bond acceptors (Lipinski definition) is 7. The topological polar surface area (TPSA) is 80.3 Å². The molecule has 1 saturated carbocycles. The van der Waals surface area contributed by atoms with Gasteiger partial charge in [-0.25, -0.2) is 4.79 Å². The Morgan fingerprint density at radius 2 is 1.79 bits per heavy atom. The number of hydrogen-bond donors (Lipinski definition) is 0. The fraction of sp³-hybridized carbons (Fsp3) is 0.650. The number of carbonyl (C=O) groups excluding carboxylic acids is 1. The molecule has 1 heterocycles. The molecule has 28 heavy (non-hydrogen) atoms. The van der Waals surface area contributed by atoms with Crippen LogP contribution >= 0.6 is 7.60 Å². The third-order valence-electron chi connectivity index (χ3n) is 4.98. The van der Waals surface area contributed by atoms with E-state index in [1.807, 2.05) is 0 Å². The summed E-state index contributed by atoms with van der Waals surface area (Å²) in [5.74, 6) is -2.48. The standard InChI is InChI=1S/C20H29O7P/c1-3-24-28(22,25-4-2)19(26-18(21)16-11-7-5-8-12-16)17-15-23-20(27-17)13-9-6-10-14-20/h5,7-8,11-12,17,19H,3-4,6,9-10,13-15H2,1-2H3/t17-,19-/m1/s1. The van der Waals surface area contributed by atoms with E-state index in [0.717, 1.165) is 32.1 Å². The fourth-order valence-corrected chi connectivity index (χ4v) is 5.58. The van der Waals surface area contributed by atoms with Crippen LogP contribution in [0.25, 0.3) is 0 Å². The van der Waals surface area contributed by atoms with Gasteiger partial charge in [0.1, 0.15) is 6.10 Å². The molecule has 1 aliphatic heterocycles. The molecule has 0 N–H and O–H groups in total. The molecule has 0 amide bonds. The van der Waals surface area contributed by atoms with Gasteiger partial charge in [-0.15, -0.1) is 0 Å². The van der Waals surface area contributed by atoms with Gasteiger partial charge in [0, 0.05) is 12.8 Å². The lowest BCUT2D eigenvalue weighted by Gasteiger charge is -2.33. The highest BCUT2D eigenvalue weighted by molar-refractivity contribution is 7.54. The van der Waals surface area contributed by atoms with Crippen molar-refractivity contribution in [1.29, 1.82) is 0 Å². The minimum atomic E-state index is -3.77. The minimum Gasteiger partial charge on any atom is -0.443 e. The first-order valence-electron chi connectivity index (χ1n) is 9.98. The number of ether oxygens (including phenoxy) is 3. The van der Waals surface area contributed by atoms with Gasteiger partial charge in [0.15, 0.2) is 5.79 Å². The average molecular weight is 412 g/mol. The van der Waals surface area contributed by atoms with Gasteiger partial charge in [0.2, 0.25) is 5.85 Å². The zero-order valence-corrected chi connectivity index (χ0v) is 17.4. The zero-order valence-electron chi connectivity index (χ0n) is 16.5.